The lowest BCUT2D eigenvalue weighted by molar-refractivity contribution is -0.386. The molecule has 25 heteroatoms. The van der Waals surface area contributed by atoms with Crippen molar-refractivity contribution in [2.75, 3.05) is 43.2 Å². The van der Waals surface area contributed by atoms with Gasteiger partial charge in [-0.2, -0.15) is 22.9 Å². The number of phenolic OH excluding ortho intramolecular Hbond substituents is 1. The van der Waals surface area contributed by atoms with Crippen molar-refractivity contribution < 1.29 is 51.9 Å². The van der Waals surface area contributed by atoms with Crippen LogP contribution >= 0.6 is 12.6 Å². The number of nitrogens with zero attached hydrogens (tertiary/aromatic N) is 4. The fourth-order valence-corrected chi connectivity index (χ4v) is 10.9. The molecule has 5 aromatic rings. The lowest BCUT2D eigenvalue weighted by Crippen LogP contribution is -2.61. The maximum atomic E-state index is 14.5. The zero-order valence-corrected chi connectivity index (χ0v) is 47.8. The first-order valence-electron chi connectivity index (χ1n) is 25.9. The summed E-state index contributed by atoms with van der Waals surface area (Å²) in [6, 6.07) is 24.5. The molecule has 7 rings (SSSR count). The molecule has 1 unspecified atom stereocenters. The number of carboxylic acid groups (broad SMARTS) is 1. The maximum absolute atomic E-state index is 14.5. The lowest BCUT2D eigenvalue weighted by atomic mass is 9.74. The molecule has 0 saturated heterocycles. The highest BCUT2D eigenvalue weighted by molar-refractivity contribution is 7.89. The highest BCUT2D eigenvalue weighted by atomic mass is 32.2. The van der Waals surface area contributed by atoms with E-state index in [4.69, 9.17) is 10.2 Å². The lowest BCUT2D eigenvalue weighted by Gasteiger charge is -2.36. The molecule has 23 nitrogen and oxygen atoms in total. The van der Waals surface area contributed by atoms with Crippen LogP contribution in [-0.2, 0) is 34.6 Å². The van der Waals surface area contributed by atoms with Crippen LogP contribution in [0, 0.1) is 24.0 Å². The number of primary amides is 1. The van der Waals surface area contributed by atoms with Gasteiger partial charge in [-0.1, -0.05) is 26.0 Å². The average molecular weight is 1170 g/mol. The third-order valence-electron chi connectivity index (χ3n) is 13.7. The molecule has 1 aliphatic heterocycles. The number of phenols is 1. The number of aromatic hydroxyl groups is 1. The summed E-state index contributed by atoms with van der Waals surface area (Å²) >= 11 is 4.29. The van der Waals surface area contributed by atoms with Gasteiger partial charge in [-0.25, -0.2) is 17.9 Å². The van der Waals surface area contributed by atoms with E-state index in [-0.39, 0.29) is 62.9 Å². The van der Waals surface area contributed by atoms with E-state index in [1.807, 2.05) is 31.1 Å². The second kappa shape index (κ2) is 26.1. The van der Waals surface area contributed by atoms with E-state index in [0.717, 1.165) is 5.69 Å². The molecule has 434 valence electrons. The van der Waals surface area contributed by atoms with E-state index in [2.05, 4.69) is 48.8 Å². The van der Waals surface area contributed by atoms with Crippen LogP contribution in [0.5, 0.6) is 5.75 Å². The van der Waals surface area contributed by atoms with Crippen LogP contribution in [0.25, 0.3) is 33.4 Å². The normalized spacial score (nSPS) is 12.8. The smallest absolute Gasteiger partial charge is 0.336 e. The summed E-state index contributed by atoms with van der Waals surface area (Å²) in [5.41, 5.74) is 8.21. The summed E-state index contributed by atoms with van der Waals surface area (Å²) in [6.07, 6.45) is 0.750. The molecule has 3 atom stereocenters. The van der Waals surface area contributed by atoms with Crippen molar-refractivity contribution >= 4 is 91.7 Å². The van der Waals surface area contributed by atoms with Crippen molar-refractivity contribution in [1.82, 2.24) is 20.7 Å². The number of aromatic carboxylic acids is 1. The first-order chi connectivity index (χ1) is 39.3. The van der Waals surface area contributed by atoms with Crippen molar-refractivity contribution in [3.8, 4) is 28.2 Å². The first kappa shape index (κ1) is 61.4. The van der Waals surface area contributed by atoms with Crippen molar-refractivity contribution in [2.45, 2.75) is 75.4 Å². The zero-order chi connectivity index (χ0) is 60.5. The van der Waals surface area contributed by atoms with Crippen LogP contribution < -0.4 is 42.1 Å². The molecule has 1 aliphatic carbocycles. The molecule has 0 radical (unpaired) electrons. The monoisotopic (exact) mass is 1170 g/mol. The number of amides is 4. The summed E-state index contributed by atoms with van der Waals surface area (Å²) in [5.74, 6) is -5.26. The number of carbonyl (C=O) groups is 5. The number of nitro groups is 1. The molecule has 0 bridgehead atoms. The fraction of sp³-hybridized carbons (Fsp3) is 0.276. The van der Waals surface area contributed by atoms with E-state index in [0.29, 0.717) is 63.1 Å². The van der Waals surface area contributed by atoms with E-state index >= 15 is 0 Å². The molecule has 4 amide bonds. The van der Waals surface area contributed by atoms with E-state index < -0.39 is 74.6 Å². The second-order valence-corrected chi connectivity index (χ2v) is 22.5. The predicted molar refractivity (Wildman–Crippen MR) is 317 cm³/mol. The maximum Gasteiger partial charge on any atom is 0.336 e. The Morgan fingerprint density at radius 2 is 1.47 bits per heavy atom. The van der Waals surface area contributed by atoms with E-state index in [9.17, 15) is 57.5 Å². The van der Waals surface area contributed by atoms with Gasteiger partial charge in [0.1, 0.15) is 35.2 Å². The molecular weight excluding hydrogens is 1110 g/mol. The number of sulfonamides is 1. The minimum absolute atomic E-state index is 0.0365. The van der Waals surface area contributed by atoms with Crippen LogP contribution in [-0.4, -0.2) is 104 Å². The van der Waals surface area contributed by atoms with Gasteiger partial charge in [0.25, 0.3) is 5.69 Å². The largest absolute Gasteiger partial charge is 0.508 e. The van der Waals surface area contributed by atoms with Crippen LogP contribution in [0.15, 0.2) is 140 Å². The summed E-state index contributed by atoms with van der Waals surface area (Å²) in [7, 11) is -0.542. The number of aryl methyl sites for hydroxylation is 2. The second-order valence-electron chi connectivity index (χ2n) is 20.4. The number of benzene rings is 6. The quantitative estimate of drug-likeness (QED) is 0.00673. The topological polar surface area (TPSA) is 347 Å². The van der Waals surface area contributed by atoms with Gasteiger partial charge in [-0.15, -0.1) is 0 Å². The van der Waals surface area contributed by atoms with Crippen molar-refractivity contribution in [1.29, 1.82) is 0 Å². The minimum atomic E-state index is -4.35. The summed E-state index contributed by atoms with van der Waals surface area (Å²) in [4.78, 5) is 93.4. The predicted octanol–water partition coefficient (Wildman–Crippen LogP) is 7.38. The number of thiol groups is 1. The molecule has 83 heavy (non-hydrogen) atoms. The van der Waals surface area contributed by atoms with Gasteiger partial charge in [0, 0.05) is 83.5 Å². The number of fused-ring (bicyclic) bond motifs is 2. The molecule has 5 aromatic carbocycles. The molecule has 9 N–H and O–H groups in total. The number of hydrogen-bond acceptors (Lipinski definition) is 17. The number of rotatable bonds is 25. The molecule has 1 heterocycles. The molecule has 0 spiro atoms. The number of carbonyl (C=O) groups excluding carboxylic acids is 4. The number of nitro benzene ring substituents is 1. The Morgan fingerprint density at radius 3 is 2.10 bits per heavy atom. The number of unbranched alkanes of at least 4 members (excludes halogenated alkanes) is 1. The van der Waals surface area contributed by atoms with Crippen LogP contribution in [0.4, 0.5) is 28.4 Å². The summed E-state index contributed by atoms with van der Waals surface area (Å²) in [5, 5.41) is 52.7. The fourth-order valence-electron chi connectivity index (χ4n) is 9.64. The molecule has 0 aromatic heterocycles. The molecular formula is C58H62N10O13S2. The van der Waals surface area contributed by atoms with Crippen molar-refractivity contribution in [3.63, 3.8) is 0 Å². The van der Waals surface area contributed by atoms with Gasteiger partial charge in [0.2, 0.25) is 33.7 Å². The third kappa shape index (κ3) is 14.8. The SMILES string of the molecule is Cc1cc(C)c(C(C)(C)C(NC(=O)CNS(=O)(=O)c2ccc(N=Nc3ccc(N(C)C)cc3)cc2)C(=O)N[C@@H](CS)C(=O)N[C@@H](CCCCNc2ccc(-c3c4ccc(=O)cc-4oc4cc(O)ccc34)c(C(=O)O)c2)C(N)=O)c([N+](=O)[O-])c1. The number of nitrogens with one attached hydrogen (secondary N) is 5. The van der Waals surface area contributed by atoms with E-state index in [1.165, 1.54) is 74.5 Å². The zero-order valence-electron chi connectivity index (χ0n) is 46.1. The van der Waals surface area contributed by atoms with Gasteiger partial charge in [-0.05, 0) is 135 Å². The Hall–Kier alpha value is -9.20. The number of hydrogen-bond donors (Lipinski definition) is 9. The van der Waals surface area contributed by atoms with Crippen molar-refractivity contribution in [3.05, 3.63) is 158 Å². The molecule has 2 aliphatic rings. The van der Waals surface area contributed by atoms with Gasteiger partial charge < -0.3 is 46.5 Å². The standard InChI is InChI=1S/C58H62N10O13S2/c1-32-25-33(2)52(47(26-32)68(77)78)58(3,4)53(64-50(71)30-61-83(79,80)40-19-12-35(13-20-40)66-65-34-10-15-37(16-11-34)67(5)6)56(74)63-46(31-82)55(73)62-45(54(59)72)9-7-8-24-60-36-14-21-41(44(27-36)57(75)76)51-42-22-17-38(69)28-48(42)81-49-29-39(70)18-23-43(49)51/h10-23,25-29,45-46,53,60-61,69,82H,7-9,24,30-31H2,1-6H3,(H2,59,72)(H,62,73)(H,63,74)(H,64,71)(H,75,76)/t45-,46-,53?/m0/s1. The third-order valence-corrected chi connectivity index (χ3v) is 15.5. The Morgan fingerprint density at radius 1 is 0.819 bits per heavy atom. The Kier molecular flexibility index (Phi) is 19.4. The Bertz CT molecular complexity index is 3800. The summed E-state index contributed by atoms with van der Waals surface area (Å²) in [6.45, 7) is 5.60. The van der Waals surface area contributed by atoms with Crippen LogP contribution in [0.1, 0.15) is 60.2 Å². The number of anilines is 2. The number of azo groups is 1. The van der Waals surface area contributed by atoms with Gasteiger partial charge >= 0.3 is 5.97 Å². The highest BCUT2D eigenvalue weighted by Crippen LogP contribution is 2.43. The van der Waals surface area contributed by atoms with Crippen LogP contribution in [0.2, 0.25) is 0 Å². The Labute approximate surface area is 482 Å². The minimum Gasteiger partial charge on any atom is -0.508 e. The number of nitrogens with two attached hydrogens (primary N) is 1. The average Bonchev–Trinajstić information content (AvgIpc) is 2.23. The Balaban J connectivity index is 1.00. The number of carboxylic acids is 1. The van der Waals surface area contributed by atoms with Crippen LogP contribution in [0.3, 0.4) is 0 Å². The highest BCUT2D eigenvalue weighted by Gasteiger charge is 2.44. The van der Waals surface area contributed by atoms with Gasteiger partial charge in [-0.3, -0.25) is 34.1 Å². The van der Waals surface area contributed by atoms with E-state index in [1.54, 1.807) is 56.3 Å². The summed E-state index contributed by atoms with van der Waals surface area (Å²) < 4.78 is 35.0. The van der Waals surface area contributed by atoms with Crippen molar-refractivity contribution in [2.24, 2.45) is 16.0 Å². The van der Waals surface area contributed by atoms with Gasteiger partial charge in [0.15, 0.2) is 5.43 Å². The molecule has 0 fully saturated rings. The first-order valence-corrected chi connectivity index (χ1v) is 28.1. The van der Waals surface area contributed by atoms with Gasteiger partial charge in [0.05, 0.1) is 33.3 Å². The molecule has 0 saturated carbocycles.